The van der Waals surface area contributed by atoms with Crippen molar-refractivity contribution < 1.29 is 4.79 Å². The molecule has 0 heterocycles. The van der Waals surface area contributed by atoms with E-state index in [4.69, 9.17) is 0 Å². The number of fused-ring (bicyclic) bond motifs is 1. The minimum absolute atomic E-state index is 0.129. The molecule has 0 bridgehead atoms. The molecule has 3 aromatic rings. The molecule has 0 radical (unpaired) electrons. The van der Waals surface area contributed by atoms with Crippen LogP contribution in [0.4, 0.5) is 5.69 Å². The van der Waals surface area contributed by atoms with Gasteiger partial charge in [0.2, 0.25) is 5.91 Å². The van der Waals surface area contributed by atoms with E-state index in [1.165, 1.54) is 5.56 Å². The maximum absolute atomic E-state index is 12.0. The third kappa shape index (κ3) is 3.41. The zero-order valence-corrected chi connectivity index (χ0v) is 12.4. The Morgan fingerprint density at radius 3 is 2.41 bits per heavy atom. The fourth-order valence-corrected chi connectivity index (χ4v) is 2.30. The maximum atomic E-state index is 12.0. The zero-order chi connectivity index (χ0) is 15.4. The number of benzene rings is 3. The highest BCUT2D eigenvalue weighted by molar-refractivity contribution is 6.03. The van der Waals surface area contributed by atoms with E-state index in [-0.39, 0.29) is 5.91 Å². The van der Waals surface area contributed by atoms with Crippen LogP contribution in [-0.4, -0.2) is 5.91 Å². The Labute approximate surface area is 130 Å². The Bertz CT molecular complexity index is 832. The minimum Gasteiger partial charge on any atom is -0.322 e. The normalized spacial score (nSPS) is 11.0. The van der Waals surface area contributed by atoms with Gasteiger partial charge in [-0.3, -0.25) is 4.79 Å². The van der Waals surface area contributed by atoms with E-state index in [0.29, 0.717) is 0 Å². The third-order valence-electron chi connectivity index (χ3n) is 3.52. The molecule has 0 aromatic heterocycles. The summed E-state index contributed by atoms with van der Waals surface area (Å²) in [5.74, 6) is -0.129. The van der Waals surface area contributed by atoms with Crippen molar-refractivity contribution in [1.29, 1.82) is 0 Å². The predicted octanol–water partition coefficient (Wildman–Crippen LogP) is 4.80. The lowest BCUT2D eigenvalue weighted by atomic mass is 10.1. The summed E-state index contributed by atoms with van der Waals surface area (Å²) in [6.07, 6.45) is 3.37. The van der Waals surface area contributed by atoms with Crippen LogP contribution in [0.1, 0.15) is 11.1 Å². The minimum atomic E-state index is -0.129. The van der Waals surface area contributed by atoms with E-state index in [0.717, 1.165) is 22.0 Å². The fraction of sp³-hybridized carbons (Fsp3) is 0.0500. The number of amides is 1. The molecule has 3 rings (SSSR count). The summed E-state index contributed by atoms with van der Waals surface area (Å²) >= 11 is 0. The first-order valence-electron chi connectivity index (χ1n) is 7.25. The molecule has 0 atom stereocenters. The fourth-order valence-electron chi connectivity index (χ4n) is 2.30. The van der Waals surface area contributed by atoms with Crippen molar-refractivity contribution in [1.82, 2.24) is 0 Å². The van der Waals surface area contributed by atoms with Gasteiger partial charge < -0.3 is 5.32 Å². The quantitative estimate of drug-likeness (QED) is 0.689. The van der Waals surface area contributed by atoms with E-state index < -0.39 is 0 Å². The molecule has 0 unspecified atom stereocenters. The summed E-state index contributed by atoms with van der Waals surface area (Å²) in [6, 6.07) is 22.0. The van der Waals surface area contributed by atoms with Crippen LogP contribution in [0.2, 0.25) is 0 Å². The summed E-state index contributed by atoms with van der Waals surface area (Å²) in [5, 5.41) is 5.17. The van der Waals surface area contributed by atoms with Crippen molar-refractivity contribution >= 4 is 28.4 Å². The number of anilines is 1. The van der Waals surface area contributed by atoms with Crippen LogP contribution in [0.25, 0.3) is 16.8 Å². The molecule has 22 heavy (non-hydrogen) atoms. The average Bonchev–Trinajstić information content (AvgIpc) is 2.54. The van der Waals surface area contributed by atoms with Gasteiger partial charge in [0.15, 0.2) is 0 Å². The van der Waals surface area contributed by atoms with Gasteiger partial charge in [0, 0.05) is 11.8 Å². The van der Waals surface area contributed by atoms with Crippen LogP contribution in [0, 0.1) is 6.92 Å². The van der Waals surface area contributed by atoms with Gasteiger partial charge in [-0.1, -0.05) is 60.2 Å². The van der Waals surface area contributed by atoms with Crippen LogP contribution in [0.15, 0.2) is 72.8 Å². The van der Waals surface area contributed by atoms with Crippen molar-refractivity contribution in [2.24, 2.45) is 0 Å². The first kappa shape index (κ1) is 14.1. The van der Waals surface area contributed by atoms with Gasteiger partial charge in [-0.25, -0.2) is 0 Å². The molecule has 0 saturated carbocycles. The summed E-state index contributed by atoms with van der Waals surface area (Å²) in [4.78, 5) is 12.0. The molecule has 2 heteroatoms. The predicted molar refractivity (Wildman–Crippen MR) is 92.8 cm³/mol. The highest BCUT2D eigenvalue weighted by Gasteiger charge is 1.99. The number of aryl methyl sites for hydroxylation is 1. The number of hydrogen-bond acceptors (Lipinski definition) is 1. The van der Waals surface area contributed by atoms with Crippen LogP contribution in [0.5, 0.6) is 0 Å². The molecule has 1 amide bonds. The molecule has 0 fully saturated rings. The Balaban J connectivity index is 1.71. The second kappa shape index (κ2) is 6.27. The van der Waals surface area contributed by atoms with Crippen molar-refractivity contribution in [3.63, 3.8) is 0 Å². The van der Waals surface area contributed by atoms with Crippen LogP contribution in [-0.2, 0) is 4.79 Å². The Kier molecular flexibility index (Phi) is 4.01. The van der Waals surface area contributed by atoms with Gasteiger partial charge in [0.1, 0.15) is 0 Å². The highest BCUT2D eigenvalue weighted by Crippen LogP contribution is 2.18. The largest absolute Gasteiger partial charge is 0.322 e. The van der Waals surface area contributed by atoms with Crippen molar-refractivity contribution in [2.45, 2.75) is 6.92 Å². The van der Waals surface area contributed by atoms with Crippen LogP contribution in [0.3, 0.4) is 0 Å². The smallest absolute Gasteiger partial charge is 0.248 e. The van der Waals surface area contributed by atoms with E-state index in [2.05, 4.69) is 11.4 Å². The monoisotopic (exact) mass is 287 g/mol. The van der Waals surface area contributed by atoms with Gasteiger partial charge in [-0.15, -0.1) is 0 Å². The summed E-state index contributed by atoms with van der Waals surface area (Å²) < 4.78 is 0. The molecule has 0 saturated heterocycles. The lowest BCUT2D eigenvalue weighted by molar-refractivity contribution is -0.111. The van der Waals surface area contributed by atoms with Gasteiger partial charge in [-0.05, 0) is 41.5 Å². The summed E-state index contributed by atoms with van der Waals surface area (Å²) in [5.41, 5.74) is 3.02. The van der Waals surface area contributed by atoms with Gasteiger partial charge in [0.25, 0.3) is 0 Å². The van der Waals surface area contributed by atoms with Crippen LogP contribution < -0.4 is 5.32 Å². The van der Waals surface area contributed by atoms with Crippen molar-refractivity contribution in [3.05, 3.63) is 83.9 Å². The van der Waals surface area contributed by atoms with Crippen molar-refractivity contribution in [3.8, 4) is 0 Å². The second-order valence-electron chi connectivity index (χ2n) is 5.30. The average molecular weight is 287 g/mol. The Morgan fingerprint density at radius 2 is 1.64 bits per heavy atom. The van der Waals surface area contributed by atoms with E-state index in [9.17, 15) is 4.79 Å². The first-order valence-corrected chi connectivity index (χ1v) is 7.25. The second-order valence-corrected chi connectivity index (χ2v) is 5.30. The van der Waals surface area contributed by atoms with Gasteiger partial charge in [0.05, 0.1) is 0 Å². The molecule has 0 spiro atoms. The first-order chi connectivity index (χ1) is 10.7. The van der Waals surface area contributed by atoms with Crippen LogP contribution >= 0.6 is 0 Å². The lowest BCUT2D eigenvalue weighted by Gasteiger charge is -2.04. The number of rotatable bonds is 3. The SMILES string of the molecule is Cc1ccc(/C=C/C(=O)Nc2ccc3ccccc3c2)cc1. The van der Waals surface area contributed by atoms with E-state index in [1.54, 1.807) is 6.08 Å². The Morgan fingerprint density at radius 1 is 0.909 bits per heavy atom. The summed E-state index contributed by atoms with van der Waals surface area (Å²) in [7, 11) is 0. The molecule has 2 nitrogen and oxygen atoms in total. The summed E-state index contributed by atoms with van der Waals surface area (Å²) in [6.45, 7) is 2.04. The Hall–Kier alpha value is -2.87. The number of carbonyl (C=O) groups excluding carboxylic acids is 1. The standard InChI is InChI=1S/C20H17NO/c1-15-6-8-16(9-7-15)10-13-20(22)21-19-12-11-17-4-2-3-5-18(17)14-19/h2-14H,1H3,(H,21,22)/b13-10+. The van der Waals surface area contributed by atoms with E-state index in [1.807, 2.05) is 73.7 Å². The van der Waals surface area contributed by atoms with Gasteiger partial charge in [-0.2, -0.15) is 0 Å². The van der Waals surface area contributed by atoms with Gasteiger partial charge >= 0.3 is 0 Å². The molecular formula is C20H17NO. The molecule has 0 aliphatic rings. The molecule has 0 aliphatic heterocycles. The third-order valence-corrected chi connectivity index (χ3v) is 3.52. The topological polar surface area (TPSA) is 29.1 Å². The maximum Gasteiger partial charge on any atom is 0.248 e. The van der Waals surface area contributed by atoms with E-state index >= 15 is 0 Å². The highest BCUT2D eigenvalue weighted by atomic mass is 16.1. The van der Waals surface area contributed by atoms with Crippen molar-refractivity contribution in [2.75, 3.05) is 5.32 Å². The zero-order valence-electron chi connectivity index (χ0n) is 12.4. The molecule has 108 valence electrons. The number of carbonyl (C=O) groups is 1. The number of hydrogen-bond donors (Lipinski definition) is 1. The molecule has 3 aromatic carbocycles. The molecule has 0 aliphatic carbocycles. The molecule has 1 N–H and O–H groups in total. The number of nitrogens with one attached hydrogen (secondary N) is 1. The lowest BCUT2D eigenvalue weighted by Crippen LogP contribution is -2.07. The molecular weight excluding hydrogens is 270 g/mol.